The van der Waals surface area contributed by atoms with E-state index < -0.39 is 28.5 Å². The maximum atomic E-state index is 14.2. The number of carbonyl (C=O) groups excluding carboxylic acids is 2. The Hall–Kier alpha value is -3.36. The molecule has 7 nitrogen and oxygen atoms in total. The largest absolute Gasteiger partial charge is 0.354 e. The van der Waals surface area contributed by atoms with Crippen molar-refractivity contribution in [1.29, 1.82) is 0 Å². The van der Waals surface area contributed by atoms with Crippen LogP contribution in [0.3, 0.4) is 0 Å². The first kappa shape index (κ1) is 31.2. The molecule has 0 aliphatic rings. The molecule has 0 spiro atoms. The number of sulfonamides is 1. The van der Waals surface area contributed by atoms with Crippen molar-refractivity contribution in [2.45, 2.75) is 52.1 Å². The summed E-state index contributed by atoms with van der Waals surface area (Å²) in [6.07, 6.45) is 2.10. The lowest BCUT2D eigenvalue weighted by atomic mass is 10.0. The van der Waals surface area contributed by atoms with Gasteiger partial charge in [0.15, 0.2) is 0 Å². The smallest absolute Gasteiger partial charge is 0.244 e. The van der Waals surface area contributed by atoms with Crippen LogP contribution in [0.2, 0.25) is 5.02 Å². The average molecular weight is 584 g/mol. The molecule has 1 N–H and O–H groups in total. The molecule has 0 saturated heterocycles. The predicted molar refractivity (Wildman–Crippen MR) is 162 cm³/mol. The number of anilines is 1. The Morgan fingerprint density at radius 1 is 0.925 bits per heavy atom. The summed E-state index contributed by atoms with van der Waals surface area (Å²) in [7, 11) is -3.84. The maximum absolute atomic E-state index is 14.2. The number of amides is 2. The summed E-state index contributed by atoms with van der Waals surface area (Å²) in [6.45, 7) is 5.99. The fraction of sp³-hybridized carbons (Fsp3) is 0.355. The van der Waals surface area contributed by atoms with E-state index in [0.29, 0.717) is 17.3 Å². The van der Waals surface area contributed by atoms with Gasteiger partial charge in [0.05, 0.1) is 11.9 Å². The van der Waals surface area contributed by atoms with E-state index in [9.17, 15) is 18.0 Å². The van der Waals surface area contributed by atoms with Gasteiger partial charge < -0.3 is 10.2 Å². The highest BCUT2D eigenvalue weighted by Gasteiger charge is 2.33. The van der Waals surface area contributed by atoms with Crippen LogP contribution < -0.4 is 9.62 Å². The first-order chi connectivity index (χ1) is 19.0. The summed E-state index contributed by atoms with van der Waals surface area (Å²) in [5.41, 5.74) is 2.87. The Bertz CT molecular complexity index is 1400. The van der Waals surface area contributed by atoms with E-state index in [2.05, 4.69) is 5.32 Å². The van der Waals surface area contributed by atoms with Gasteiger partial charge in [-0.1, -0.05) is 93.0 Å². The van der Waals surface area contributed by atoms with Crippen LogP contribution in [0.15, 0.2) is 78.9 Å². The lowest BCUT2D eigenvalue weighted by Crippen LogP contribution is -2.53. The molecule has 1 atom stereocenters. The molecule has 214 valence electrons. The minimum absolute atomic E-state index is 0.0313. The highest BCUT2D eigenvalue weighted by atomic mass is 35.5. The van der Waals surface area contributed by atoms with Gasteiger partial charge in [-0.15, -0.1) is 0 Å². The molecule has 2 amide bonds. The molecule has 3 rings (SSSR count). The van der Waals surface area contributed by atoms with Crippen molar-refractivity contribution in [3.05, 3.63) is 101 Å². The third-order valence-corrected chi connectivity index (χ3v) is 7.93. The molecule has 3 aromatic carbocycles. The molecular formula is C31H38ClN3O4S. The van der Waals surface area contributed by atoms with E-state index in [1.54, 1.807) is 30.3 Å². The van der Waals surface area contributed by atoms with Crippen LogP contribution in [0.4, 0.5) is 5.69 Å². The summed E-state index contributed by atoms with van der Waals surface area (Å²) < 4.78 is 27.3. The molecule has 40 heavy (non-hydrogen) atoms. The summed E-state index contributed by atoms with van der Waals surface area (Å²) in [5.74, 6) is -0.755. The quantitative estimate of drug-likeness (QED) is 0.292. The molecule has 0 saturated carbocycles. The zero-order valence-corrected chi connectivity index (χ0v) is 25.1. The number of carbonyl (C=O) groups is 2. The Labute approximate surface area is 243 Å². The Kier molecular flexibility index (Phi) is 11.2. The molecule has 0 radical (unpaired) electrons. The third-order valence-electron chi connectivity index (χ3n) is 6.57. The Balaban J connectivity index is 2.08. The topological polar surface area (TPSA) is 86.8 Å². The van der Waals surface area contributed by atoms with E-state index in [1.807, 2.05) is 69.3 Å². The van der Waals surface area contributed by atoms with Gasteiger partial charge in [0.25, 0.3) is 0 Å². The van der Waals surface area contributed by atoms with Gasteiger partial charge in [-0.2, -0.15) is 0 Å². The third kappa shape index (κ3) is 8.57. The minimum Gasteiger partial charge on any atom is -0.354 e. The summed E-state index contributed by atoms with van der Waals surface area (Å²) >= 11 is 6.25. The van der Waals surface area contributed by atoms with Gasteiger partial charge in [-0.05, 0) is 47.2 Å². The van der Waals surface area contributed by atoms with Crippen LogP contribution in [0.5, 0.6) is 0 Å². The standard InChI is InChI=1S/C31H38ClN3O4S/c1-5-18-33-31(37)29(20-24-12-7-6-8-13-24)34(21-25-14-11-15-26(32)19-25)30(36)22-35(40(4,38)39)28-17-10-9-16-27(28)23(2)3/h6-17,19,23,29H,5,18,20-22H2,1-4H3,(H,33,37). The molecule has 0 aromatic heterocycles. The summed E-state index contributed by atoms with van der Waals surface area (Å²) in [4.78, 5) is 29.2. The fourth-order valence-electron chi connectivity index (χ4n) is 4.55. The maximum Gasteiger partial charge on any atom is 0.244 e. The highest BCUT2D eigenvalue weighted by Crippen LogP contribution is 2.29. The van der Waals surface area contributed by atoms with Crippen molar-refractivity contribution in [3.8, 4) is 0 Å². The Morgan fingerprint density at radius 3 is 2.20 bits per heavy atom. The SMILES string of the molecule is CCCNC(=O)C(Cc1ccccc1)N(Cc1cccc(Cl)c1)C(=O)CN(c1ccccc1C(C)C)S(C)(=O)=O. The monoisotopic (exact) mass is 583 g/mol. The van der Waals surface area contributed by atoms with E-state index in [-0.39, 0.29) is 24.8 Å². The first-order valence-electron chi connectivity index (χ1n) is 13.4. The van der Waals surface area contributed by atoms with Gasteiger partial charge in [0.1, 0.15) is 12.6 Å². The van der Waals surface area contributed by atoms with Crippen LogP contribution in [0.25, 0.3) is 0 Å². The molecule has 0 aliphatic carbocycles. The normalized spacial score (nSPS) is 12.2. The predicted octanol–water partition coefficient (Wildman–Crippen LogP) is 5.40. The number of nitrogens with one attached hydrogen (secondary N) is 1. The van der Waals surface area contributed by atoms with Crippen molar-refractivity contribution >= 4 is 39.1 Å². The fourth-order valence-corrected chi connectivity index (χ4v) is 5.63. The van der Waals surface area contributed by atoms with Gasteiger partial charge in [0, 0.05) is 24.5 Å². The second-order valence-electron chi connectivity index (χ2n) is 10.1. The van der Waals surface area contributed by atoms with Crippen molar-refractivity contribution in [1.82, 2.24) is 10.2 Å². The van der Waals surface area contributed by atoms with Crippen LogP contribution in [0.1, 0.15) is 49.8 Å². The molecule has 9 heteroatoms. The van der Waals surface area contributed by atoms with Crippen LogP contribution in [-0.4, -0.2) is 50.5 Å². The van der Waals surface area contributed by atoms with Gasteiger partial charge in [-0.3, -0.25) is 13.9 Å². The molecular weight excluding hydrogens is 546 g/mol. The Morgan fingerprint density at radius 2 is 1.57 bits per heavy atom. The number of benzene rings is 3. The van der Waals surface area contributed by atoms with Gasteiger partial charge in [0.2, 0.25) is 21.8 Å². The van der Waals surface area contributed by atoms with Gasteiger partial charge in [-0.25, -0.2) is 8.42 Å². The first-order valence-corrected chi connectivity index (χ1v) is 15.7. The minimum atomic E-state index is -3.84. The zero-order valence-electron chi connectivity index (χ0n) is 23.5. The van der Waals surface area contributed by atoms with E-state index in [1.165, 1.54) is 4.90 Å². The van der Waals surface area contributed by atoms with E-state index >= 15 is 0 Å². The van der Waals surface area contributed by atoms with Crippen LogP contribution >= 0.6 is 11.6 Å². The van der Waals surface area contributed by atoms with E-state index in [0.717, 1.165) is 33.7 Å². The molecule has 0 aliphatic heterocycles. The lowest BCUT2D eigenvalue weighted by molar-refractivity contribution is -0.140. The van der Waals surface area contributed by atoms with Crippen LogP contribution in [0, 0.1) is 0 Å². The number of hydrogen-bond donors (Lipinski definition) is 1. The highest BCUT2D eigenvalue weighted by molar-refractivity contribution is 7.92. The van der Waals surface area contributed by atoms with Crippen LogP contribution in [-0.2, 0) is 32.6 Å². The number of rotatable bonds is 13. The second kappa shape index (κ2) is 14.3. The molecule has 3 aromatic rings. The van der Waals surface area contributed by atoms with Crippen molar-refractivity contribution in [2.24, 2.45) is 0 Å². The van der Waals surface area contributed by atoms with Gasteiger partial charge >= 0.3 is 0 Å². The summed E-state index contributed by atoms with van der Waals surface area (Å²) in [6, 6.07) is 22.9. The number of nitrogens with zero attached hydrogens (tertiary/aromatic N) is 2. The average Bonchev–Trinajstić information content (AvgIpc) is 2.92. The molecule has 1 unspecified atom stereocenters. The zero-order chi connectivity index (χ0) is 29.3. The molecule has 0 heterocycles. The lowest BCUT2D eigenvalue weighted by Gasteiger charge is -2.34. The number of halogens is 1. The van der Waals surface area contributed by atoms with Crippen molar-refractivity contribution < 1.29 is 18.0 Å². The van der Waals surface area contributed by atoms with Crippen molar-refractivity contribution in [3.63, 3.8) is 0 Å². The van der Waals surface area contributed by atoms with E-state index in [4.69, 9.17) is 11.6 Å². The molecule has 0 fully saturated rings. The number of hydrogen-bond acceptors (Lipinski definition) is 4. The summed E-state index contributed by atoms with van der Waals surface area (Å²) in [5, 5.41) is 3.44. The molecule has 0 bridgehead atoms. The second-order valence-corrected chi connectivity index (χ2v) is 12.5. The number of para-hydroxylation sites is 1. The van der Waals surface area contributed by atoms with Crippen molar-refractivity contribution in [2.75, 3.05) is 23.7 Å².